The van der Waals surface area contributed by atoms with Gasteiger partial charge in [0.25, 0.3) is 0 Å². The molecule has 1 heterocycles. The van der Waals surface area contributed by atoms with Crippen molar-refractivity contribution in [2.75, 3.05) is 13.2 Å². The van der Waals surface area contributed by atoms with E-state index in [1.165, 1.54) is 25.7 Å². The second-order valence-electron chi connectivity index (χ2n) is 3.67. The van der Waals surface area contributed by atoms with Crippen LogP contribution < -0.4 is 0 Å². The zero-order valence-electron chi connectivity index (χ0n) is 6.18. The fourth-order valence-corrected chi connectivity index (χ4v) is 2.93. The summed E-state index contributed by atoms with van der Waals surface area (Å²) in [5.74, 6) is 0. The third-order valence-corrected chi connectivity index (χ3v) is 3.26. The first-order valence-electron chi connectivity index (χ1n) is 4.07. The molecule has 1 aliphatic carbocycles. The molecule has 0 unspecified atom stereocenters. The molecule has 0 N–H and O–H groups in total. The first-order valence-corrected chi connectivity index (χ1v) is 4.58. The SMILES string of the molecule is SC1CC2(CCOCC2)C1. The summed E-state index contributed by atoms with van der Waals surface area (Å²) in [4.78, 5) is 0. The van der Waals surface area contributed by atoms with Crippen molar-refractivity contribution in [3.63, 3.8) is 0 Å². The lowest BCUT2D eigenvalue weighted by Gasteiger charge is -2.48. The predicted molar refractivity (Wildman–Crippen MR) is 44.5 cm³/mol. The van der Waals surface area contributed by atoms with Crippen LogP contribution >= 0.6 is 12.6 Å². The van der Waals surface area contributed by atoms with E-state index >= 15 is 0 Å². The van der Waals surface area contributed by atoms with E-state index in [9.17, 15) is 0 Å². The van der Waals surface area contributed by atoms with Gasteiger partial charge >= 0.3 is 0 Å². The molecule has 2 fully saturated rings. The number of rotatable bonds is 0. The van der Waals surface area contributed by atoms with E-state index in [1.54, 1.807) is 0 Å². The number of ether oxygens (including phenoxy) is 1. The van der Waals surface area contributed by atoms with Crippen LogP contribution in [0.25, 0.3) is 0 Å². The third-order valence-electron chi connectivity index (χ3n) is 2.89. The van der Waals surface area contributed by atoms with Gasteiger partial charge in [-0.25, -0.2) is 0 Å². The zero-order chi connectivity index (χ0) is 7.03. The summed E-state index contributed by atoms with van der Waals surface area (Å²) in [6.07, 6.45) is 5.23. The Bertz CT molecular complexity index is 114. The molecule has 1 spiro atoms. The van der Waals surface area contributed by atoms with Crippen molar-refractivity contribution in [1.29, 1.82) is 0 Å². The maximum Gasteiger partial charge on any atom is 0.0471 e. The molecule has 2 heteroatoms. The number of hydrogen-bond acceptors (Lipinski definition) is 2. The predicted octanol–water partition coefficient (Wildman–Crippen LogP) is 1.88. The van der Waals surface area contributed by atoms with Crippen LogP contribution in [0, 0.1) is 5.41 Å². The molecular weight excluding hydrogens is 144 g/mol. The quantitative estimate of drug-likeness (QED) is 0.530. The van der Waals surface area contributed by atoms with Crippen LogP contribution in [0.15, 0.2) is 0 Å². The van der Waals surface area contributed by atoms with Crippen LogP contribution in [0.2, 0.25) is 0 Å². The van der Waals surface area contributed by atoms with Gasteiger partial charge in [0.2, 0.25) is 0 Å². The van der Waals surface area contributed by atoms with Crippen LogP contribution in [0.1, 0.15) is 25.7 Å². The van der Waals surface area contributed by atoms with Crippen LogP contribution in [-0.2, 0) is 4.74 Å². The Morgan fingerprint density at radius 2 is 1.80 bits per heavy atom. The third kappa shape index (κ3) is 1.08. The lowest BCUT2D eigenvalue weighted by Crippen LogP contribution is -2.42. The van der Waals surface area contributed by atoms with Crippen LogP contribution in [0.4, 0.5) is 0 Å². The van der Waals surface area contributed by atoms with E-state index in [1.807, 2.05) is 0 Å². The summed E-state index contributed by atoms with van der Waals surface area (Å²) >= 11 is 4.43. The van der Waals surface area contributed by atoms with Crippen molar-refractivity contribution < 1.29 is 4.74 Å². The summed E-state index contributed by atoms with van der Waals surface area (Å²) in [5, 5.41) is 0.693. The molecule has 0 amide bonds. The maximum atomic E-state index is 5.31. The molecule has 58 valence electrons. The Morgan fingerprint density at radius 1 is 1.20 bits per heavy atom. The van der Waals surface area contributed by atoms with Crippen molar-refractivity contribution in [2.45, 2.75) is 30.9 Å². The second-order valence-corrected chi connectivity index (χ2v) is 4.40. The molecule has 1 nitrogen and oxygen atoms in total. The van der Waals surface area contributed by atoms with Crippen molar-refractivity contribution in [2.24, 2.45) is 5.41 Å². The molecule has 10 heavy (non-hydrogen) atoms. The van der Waals surface area contributed by atoms with E-state index in [2.05, 4.69) is 12.6 Å². The Hall–Kier alpha value is 0.310. The highest BCUT2D eigenvalue weighted by atomic mass is 32.1. The van der Waals surface area contributed by atoms with Crippen molar-refractivity contribution in [1.82, 2.24) is 0 Å². The fourth-order valence-electron chi connectivity index (χ4n) is 2.15. The van der Waals surface area contributed by atoms with Crippen LogP contribution in [0.5, 0.6) is 0 Å². The van der Waals surface area contributed by atoms with Gasteiger partial charge in [-0.15, -0.1) is 0 Å². The van der Waals surface area contributed by atoms with Gasteiger partial charge < -0.3 is 4.74 Å². The van der Waals surface area contributed by atoms with Gasteiger partial charge in [0.05, 0.1) is 0 Å². The second kappa shape index (κ2) is 2.42. The Morgan fingerprint density at radius 3 is 2.30 bits per heavy atom. The molecule has 0 atom stereocenters. The number of thiol groups is 1. The van der Waals surface area contributed by atoms with Gasteiger partial charge in [-0.05, 0) is 31.1 Å². The van der Waals surface area contributed by atoms with Crippen LogP contribution in [-0.4, -0.2) is 18.5 Å². The first kappa shape index (κ1) is 6.99. The van der Waals surface area contributed by atoms with E-state index in [0.717, 1.165) is 13.2 Å². The summed E-state index contributed by atoms with van der Waals surface area (Å²) in [6, 6.07) is 0. The van der Waals surface area contributed by atoms with E-state index in [0.29, 0.717) is 10.7 Å². The average Bonchev–Trinajstić information content (AvgIpc) is 1.87. The van der Waals surface area contributed by atoms with Crippen molar-refractivity contribution >= 4 is 12.6 Å². The summed E-state index contributed by atoms with van der Waals surface area (Å²) in [6.45, 7) is 1.97. The summed E-state index contributed by atoms with van der Waals surface area (Å²) in [5.41, 5.74) is 0.671. The van der Waals surface area contributed by atoms with Gasteiger partial charge in [-0.1, -0.05) is 0 Å². The molecule has 0 aromatic carbocycles. The highest BCUT2D eigenvalue weighted by Crippen LogP contribution is 2.50. The lowest BCUT2D eigenvalue weighted by molar-refractivity contribution is -0.0246. The van der Waals surface area contributed by atoms with Crippen molar-refractivity contribution in [3.05, 3.63) is 0 Å². The van der Waals surface area contributed by atoms with Gasteiger partial charge in [-0.2, -0.15) is 12.6 Å². The zero-order valence-corrected chi connectivity index (χ0v) is 7.07. The van der Waals surface area contributed by atoms with Gasteiger partial charge in [-0.3, -0.25) is 0 Å². The molecule has 0 radical (unpaired) electrons. The molecule has 1 saturated carbocycles. The Labute approximate surface area is 67.6 Å². The first-order chi connectivity index (χ1) is 4.81. The molecule has 1 aliphatic heterocycles. The van der Waals surface area contributed by atoms with E-state index in [4.69, 9.17) is 4.74 Å². The largest absolute Gasteiger partial charge is 0.381 e. The van der Waals surface area contributed by atoms with E-state index < -0.39 is 0 Å². The standard InChI is InChI=1S/C8H14OS/c10-7-5-8(6-7)1-3-9-4-2-8/h7,10H,1-6H2. The fraction of sp³-hybridized carbons (Fsp3) is 1.00. The molecule has 2 aliphatic rings. The molecular formula is C8H14OS. The highest BCUT2D eigenvalue weighted by Gasteiger charge is 2.43. The normalized spacial score (nSPS) is 32.1. The molecule has 0 bridgehead atoms. The smallest absolute Gasteiger partial charge is 0.0471 e. The Kier molecular flexibility index (Phi) is 1.69. The topological polar surface area (TPSA) is 9.23 Å². The van der Waals surface area contributed by atoms with Gasteiger partial charge in [0, 0.05) is 18.5 Å². The molecule has 1 saturated heterocycles. The maximum absolute atomic E-state index is 5.31. The minimum atomic E-state index is 0.671. The minimum Gasteiger partial charge on any atom is -0.381 e. The monoisotopic (exact) mass is 158 g/mol. The highest BCUT2D eigenvalue weighted by molar-refractivity contribution is 7.81. The molecule has 0 aromatic rings. The lowest BCUT2D eigenvalue weighted by atomic mass is 9.64. The van der Waals surface area contributed by atoms with Gasteiger partial charge in [0.15, 0.2) is 0 Å². The number of hydrogen-bond donors (Lipinski definition) is 1. The van der Waals surface area contributed by atoms with E-state index in [-0.39, 0.29) is 0 Å². The van der Waals surface area contributed by atoms with Gasteiger partial charge in [0.1, 0.15) is 0 Å². The van der Waals surface area contributed by atoms with Crippen molar-refractivity contribution in [3.8, 4) is 0 Å². The Balaban J connectivity index is 1.90. The average molecular weight is 158 g/mol. The molecule has 0 aromatic heterocycles. The van der Waals surface area contributed by atoms with Crippen LogP contribution in [0.3, 0.4) is 0 Å². The minimum absolute atomic E-state index is 0.671. The summed E-state index contributed by atoms with van der Waals surface area (Å²) in [7, 11) is 0. The molecule has 2 rings (SSSR count). The summed E-state index contributed by atoms with van der Waals surface area (Å²) < 4.78 is 5.31.